The summed E-state index contributed by atoms with van der Waals surface area (Å²) in [6.07, 6.45) is 2.89. The van der Waals surface area contributed by atoms with E-state index in [0.29, 0.717) is 6.04 Å². The van der Waals surface area contributed by atoms with Gasteiger partial charge in [0.05, 0.1) is 0 Å². The molecule has 17 heavy (non-hydrogen) atoms. The van der Waals surface area contributed by atoms with Crippen LogP contribution in [0.1, 0.15) is 25.3 Å². The smallest absolute Gasteiger partial charge is 0.126 e. The molecule has 2 nitrogen and oxygen atoms in total. The molecule has 0 aliphatic rings. The van der Waals surface area contributed by atoms with Crippen LogP contribution in [-0.2, 0) is 11.2 Å². The molecule has 0 heterocycles. The maximum atomic E-state index is 13.4. The molecule has 0 spiro atoms. The lowest BCUT2D eigenvalue weighted by Crippen LogP contribution is -2.29. The highest BCUT2D eigenvalue weighted by Crippen LogP contribution is 2.08. The van der Waals surface area contributed by atoms with Crippen LogP contribution in [0.3, 0.4) is 0 Å². The third kappa shape index (κ3) is 5.80. The molecular weight excluding hydrogens is 217 g/mol. The predicted octanol–water partition coefficient (Wildman–Crippen LogP) is 2.77. The van der Waals surface area contributed by atoms with Gasteiger partial charge in [0.15, 0.2) is 0 Å². The highest BCUT2D eigenvalue weighted by atomic mass is 19.1. The zero-order valence-electron chi connectivity index (χ0n) is 10.7. The van der Waals surface area contributed by atoms with Gasteiger partial charge in [0.2, 0.25) is 0 Å². The third-order valence-corrected chi connectivity index (χ3v) is 2.75. The van der Waals surface area contributed by atoms with E-state index in [-0.39, 0.29) is 5.82 Å². The van der Waals surface area contributed by atoms with Crippen LogP contribution < -0.4 is 5.32 Å². The Morgan fingerprint density at radius 1 is 1.29 bits per heavy atom. The molecule has 0 bridgehead atoms. The molecule has 0 radical (unpaired) electrons. The quantitative estimate of drug-likeness (QED) is 0.704. The van der Waals surface area contributed by atoms with Crippen molar-refractivity contribution in [2.75, 3.05) is 20.3 Å². The Kier molecular flexibility index (Phi) is 6.82. The van der Waals surface area contributed by atoms with E-state index in [1.54, 1.807) is 13.2 Å². The molecule has 0 fully saturated rings. The summed E-state index contributed by atoms with van der Waals surface area (Å²) in [4.78, 5) is 0. The zero-order chi connectivity index (χ0) is 12.5. The molecule has 96 valence electrons. The monoisotopic (exact) mass is 239 g/mol. The van der Waals surface area contributed by atoms with Gasteiger partial charge in [-0.3, -0.25) is 0 Å². The molecule has 1 aromatic carbocycles. The van der Waals surface area contributed by atoms with Crippen LogP contribution >= 0.6 is 0 Å². The van der Waals surface area contributed by atoms with Gasteiger partial charge < -0.3 is 10.1 Å². The third-order valence-electron chi connectivity index (χ3n) is 2.75. The van der Waals surface area contributed by atoms with Crippen molar-refractivity contribution in [3.8, 4) is 0 Å². The molecule has 3 heteroatoms. The summed E-state index contributed by atoms with van der Waals surface area (Å²) in [7, 11) is 1.72. The van der Waals surface area contributed by atoms with Gasteiger partial charge in [0.25, 0.3) is 0 Å². The fourth-order valence-electron chi connectivity index (χ4n) is 1.79. The highest BCUT2D eigenvalue weighted by molar-refractivity contribution is 5.18. The van der Waals surface area contributed by atoms with Crippen molar-refractivity contribution >= 4 is 0 Å². The van der Waals surface area contributed by atoms with Gasteiger partial charge in [-0.25, -0.2) is 4.39 Å². The van der Waals surface area contributed by atoms with Gasteiger partial charge in [-0.05, 0) is 44.4 Å². The summed E-state index contributed by atoms with van der Waals surface area (Å²) in [5, 5.41) is 3.39. The summed E-state index contributed by atoms with van der Waals surface area (Å²) in [6, 6.07) is 7.26. The number of methoxy groups -OCH3 is 1. The number of nitrogens with one attached hydrogen (secondary N) is 1. The Bertz CT molecular complexity index is 317. The van der Waals surface area contributed by atoms with Gasteiger partial charge >= 0.3 is 0 Å². The van der Waals surface area contributed by atoms with E-state index >= 15 is 0 Å². The average Bonchev–Trinajstić information content (AvgIpc) is 2.32. The molecule has 0 saturated carbocycles. The molecule has 0 aliphatic heterocycles. The highest BCUT2D eigenvalue weighted by Gasteiger charge is 2.06. The second-order valence-corrected chi connectivity index (χ2v) is 4.35. The molecular formula is C14H22FNO. The van der Waals surface area contributed by atoms with Crippen LogP contribution in [0.5, 0.6) is 0 Å². The fraction of sp³-hybridized carbons (Fsp3) is 0.571. The Morgan fingerprint density at radius 2 is 2.06 bits per heavy atom. The summed E-state index contributed by atoms with van der Waals surface area (Å²) in [5.74, 6) is -0.111. The molecule has 1 unspecified atom stereocenters. The lowest BCUT2D eigenvalue weighted by molar-refractivity contribution is 0.192. The van der Waals surface area contributed by atoms with Crippen LogP contribution in [-0.4, -0.2) is 26.3 Å². The number of unbranched alkanes of at least 4 members (excludes halogenated alkanes) is 1. The summed E-state index contributed by atoms with van der Waals surface area (Å²) in [5.41, 5.74) is 0.782. The second-order valence-electron chi connectivity index (χ2n) is 4.35. The Balaban J connectivity index is 2.21. The topological polar surface area (TPSA) is 21.3 Å². The molecule has 0 amide bonds. The van der Waals surface area contributed by atoms with Crippen LogP contribution in [0, 0.1) is 5.82 Å². The van der Waals surface area contributed by atoms with E-state index in [0.717, 1.165) is 38.0 Å². The minimum Gasteiger partial charge on any atom is -0.385 e. The first-order valence-corrected chi connectivity index (χ1v) is 6.19. The SMILES string of the molecule is COCCCCNC(C)Cc1ccccc1F. The van der Waals surface area contributed by atoms with Gasteiger partial charge in [-0.15, -0.1) is 0 Å². The zero-order valence-corrected chi connectivity index (χ0v) is 10.7. The first kappa shape index (κ1) is 14.1. The van der Waals surface area contributed by atoms with Gasteiger partial charge in [0, 0.05) is 19.8 Å². The van der Waals surface area contributed by atoms with Crippen molar-refractivity contribution in [1.29, 1.82) is 0 Å². The number of hydrogen-bond donors (Lipinski definition) is 1. The molecule has 1 atom stereocenters. The van der Waals surface area contributed by atoms with Crippen LogP contribution in [0.25, 0.3) is 0 Å². The average molecular weight is 239 g/mol. The number of halogens is 1. The predicted molar refractivity (Wildman–Crippen MR) is 68.7 cm³/mol. The minimum absolute atomic E-state index is 0.111. The molecule has 1 aromatic rings. The van der Waals surface area contributed by atoms with E-state index < -0.39 is 0 Å². The summed E-state index contributed by atoms with van der Waals surface area (Å²) >= 11 is 0. The van der Waals surface area contributed by atoms with Crippen molar-refractivity contribution in [2.24, 2.45) is 0 Å². The number of rotatable bonds is 8. The summed E-state index contributed by atoms with van der Waals surface area (Å²) < 4.78 is 18.4. The first-order valence-electron chi connectivity index (χ1n) is 6.19. The van der Waals surface area contributed by atoms with E-state index in [9.17, 15) is 4.39 Å². The molecule has 0 aliphatic carbocycles. The first-order chi connectivity index (χ1) is 8.24. The summed E-state index contributed by atoms with van der Waals surface area (Å²) in [6.45, 7) is 3.85. The number of ether oxygens (including phenoxy) is 1. The Labute approximate surface area is 103 Å². The standard InChI is InChI=1S/C14H22FNO/c1-12(16-9-5-6-10-17-2)11-13-7-3-4-8-14(13)15/h3-4,7-8,12,16H,5-6,9-11H2,1-2H3. The van der Waals surface area contributed by atoms with E-state index in [1.165, 1.54) is 6.07 Å². The Morgan fingerprint density at radius 3 is 2.76 bits per heavy atom. The number of benzene rings is 1. The van der Waals surface area contributed by atoms with Crippen LogP contribution in [0.2, 0.25) is 0 Å². The van der Waals surface area contributed by atoms with Crippen LogP contribution in [0.15, 0.2) is 24.3 Å². The Hall–Kier alpha value is -0.930. The molecule has 0 aromatic heterocycles. The second kappa shape index (κ2) is 8.20. The van der Waals surface area contributed by atoms with Crippen molar-refractivity contribution in [3.63, 3.8) is 0 Å². The van der Waals surface area contributed by atoms with Crippen LogP contribution in [0.4, 0.5) is 4.39 Å². The van der Waals surface area contributed by atoms with Crippen molar-refractivity contribution in [3.05, 3.63) is 35.6 Å². The normalized spacial score (nSPS) is 12.6. The van der Waals surface area contributed by atoms with Gasteiger partial charge in [-0.2, -0.15) is 0 Å². The maximum Gasteiger partial charge on any atom is 0.126 e. The largest absolute Gasteiger partial charge is 0.385 e. The minimum atomic E-state index is -0.111. The van der Waals surface area contributed by atoms with E-state index in [4.69, 9.17) is 4.74 Å². The van der Waals surface area contributed by atoms with E-state index in [1.807, 2.05) is 12.1 Å². The number of hydrogen-bond acceptors (Lipinski definition) is 2. The van der Waals surface area contributed by atoms with E-state index in [2.05, 4.69) is 12.2 Å². The lowest BCUT2D eigenvalue weighted by Gasteiger charge is -2.14. The van der Waals surface area contributed by atoms with Crippen molar-refractivity contribution < 1.29 is 9.13 Å². The molecule has 1 N–H and O–H groups in total. The van der Waals surface area contributed by atoms with Crippen molar-refractivity contribution in [2.45, 2.75) is 32.2 Å². The molecule has 0 saturated heterocycles. The van der Waals surface area contributed by atoms with Crippen molar-refractivity contribution in [1.82, 2.24) is 5.32 Å². The fourth-order valence-corrected chi connectivity index (χ4v) is 1.79. The van der Waals surface area contributed by atoms with Gasteiger partial charge in [-0.1, -0.05) is 18.2 Å². The van der Waals surface area contributed by atoms with Gasteiger partial charge in [0.1, 0.15) is 5.82 Å². The lowest BCUT2D eigenvalue weighted by atomic mass is 10.1. The maximum absolute atomic E-state index is 13.4. The molecule has 1 rings (SSSR count).